The van der Waals surface area contributed by atoms with E-state index in [-0.39, 0.29) is 0 Å². The van der Waals surface area contributed by atoms with Crippen molar-refractivity contribution >= 4 is 0 Å². The zero-order chi connectivity index (χ0) is 12.9. The van der Waals surface area contributed by atoms with E-state index < -0.39 is 0 Å². The first-order valence-electron chi connectivity index (χ1n) is 7.14. The molecule has 2 atom stereocenters. The van der Waals surface area contributed by atoms with Gasteiger partial charge in [0.1, 0.15) is 0 Å². The van der Waals surface area contributed by atoms with Crippen LogP contribution in [0.15, 0.2) is 37.5 Å². The third-order valence-corrected chi connectivity index (χ3v) is 3.34. The predicted molar refractivity (Wildman–Crippen MR) is 80.2 cm³/mol. The summed E-state index contributed by atoms with van der Waals surface area (Å²) in [5, 5.41) is 0. The lowest BCUT2D eigenvalue weighted by molar-refractivity contribution is 0.375. The van der Waals surface area contributed by atoms with Crippen molar-refractivity contribution in [2.45, 2.75) is 58.8 Å². The summed E-state index contributed by atoms with van der Waals surface area (Å²) < 4.78 is 0. The lowest BCUT2D eigenvalue weighted by Gasteiger charge is -2.20. The van der Waals surface area contributed by atoms with E-state index >= 15 is 0 Å². The summed E-state index contributed by atoms with van der Waals surface area (Å²) in [6.07, 6.45) is 17.4. The van der Waals surface area contributed by atoms with Gasteiger partial charge in [-0.05, 0) is 50.4 Å². The number of rotatable bonds is 11. The Morgan fingerprint density at radius 3 is 2.29 bits per heavy atom. The molecule has 0 rings (SSSR count). The van der Waals surface area contributed by atoms with E-state index in [0.29, 0.717) is 0 Å². The molecule has 0 bridgehead atoms. The molecule has 0 amide bonds. The van der Waals surface area contributed by atoms with Gasteiger partial charge in [-0.2, -0.15) is 0 Å². The van der Waals surface area contributed by atoms with E-state index in [1.807, 2.05) is 12.2 Å². The molecule has 98 valence electrons. The van der Waals surface area contributed by atoms with Crippen molar-refractivity contribution < 1.29 is 0 Å². The molecule has 0 aromatic carbocycles. The lowest BCUT2D eigenvalue weighted by atomic mass is 9.85. The largest absolute Gasteiger partial charge is 0.103 e. The Balaban J connectivity index is 4.15. The van der Waals surface area contributed by atoms with Gasteiger partial charge < -0.3 is 0 Å². The van der Waals surface area contributed by atoms with E-state index in [9.17, 15) is 0 Å². The molecule has 0 aromatic rings. The van der Waals surface area contributed by atoms with Gasteiger partial charge >= 0.3 is 0 Å². The molecule has 0 nitrogen and oxygen atoms in total. The van der Waals surface area contributed by atoms with E-state index in [0.717, 1.165) is 24.7 Å². The highest BCUT2D eigenvalue weighted by Crippen LogP contribution is 2.24. The summed E-state index contributed by atoms with van der Waals surface area (Å²) in [6.45, 7) is 12.2. The molecule has 17 heavy (non-hydrogen) atoms. The molecule has 0 spiro atoms. The van der Waals surface area contributed by atoms with Gasteiger partial charge in [0.2, 0.25) is 0 Å². The maximum atomic E-state index is 3.81. The summed E-state index contributed by atoms with van der Waals surface area (Å²) in [5.41, 5.74) is 0. The van der Waals surface area contributed by atoms with Crippen molar-refractivity contribution in [2.24, 2.45) is 11.8 Å². The second kappa shape index (κ2) is 11.7. The fourth-order valence-corrected chi connectivity index (χ4v) is 2.10. The smallest absolute Gasteiger partial charge is 0.0208 e. The molecular formula is C17H30. The van der Waals surface area contributed by atoms with Crippen LogP contribution in [0, 0.1) is 11.8 Å². The van der Waals surface area contributed by atoms with Gasteiger partial charge in [-0.1, -0.05) is 44.6 Å². The Morgan fingerprint density at radius 2 is 1.71 bits per heavy atom. The molecule has 0 aromatic heterocycles. The summed E-state index contributed by atoms with van der Waals surface area (Å²) >= 11 is 0. The first-order chi connectivity index (χ1) is 8.26. The fraction of sp³-hybridized carbons (Fsp3) is 0.647. The van der Waals surface area contributed by atoms with Crippen molar-refractivity contribution in [3.8, 4) is 0 Å². The van der Waals surface area contributed by atoms with Gasteiger partial charge in [-0.3, -0.25) is 0 Å². The average molecular weight is 234 g/mol. The molecule has 0 N–H and O–H groups in total. The molecule has 0 saturated carbocycles. The van der Waals surface area contributed by atoms with Crippen molar-refractivity contribution in [3.05, 3.63) is 37.5 Å². The Hall–Kier alpha value is -0.780. The van der Waals surface area contributed by atoms with Crippen LogP contribution in [0.25, 0.3) is 0 Å². The third-order valence-electron chi connectivity index (χ3n) is 3.34. The average Bonchev–Trinajstić information content (AvgIpc) is 2.34. The van der Waals surface area contributed by atoms with Crippen LogP contribution in [-0.2, 0) is 0 Å². The zero-order valence-corrected chi connectivity index (χ0v) is 11.8. The van der Waals surface area contributed by atoms with E-state index in [1.54, 1.807) is 0 Å². The highest BCUT2D eigenvalue weighted by Gasteiger charge is 2.12. The molecule has 0 aliphatic rings. The van der Waals surface area contributed by atoms with Crippen LogP contribution in [0.1, 0.15) is 58.8 Å². The van der Waals surface area contributed by atoms with Crippen LogP contribution in [-0.4, -0.2) is 0 Å². The van der Waals surface area contributed by atoms with Crippen LogP contribution in [0.3, 0.4) is 0 Å². The molecule has 0 aliphatic carbocycles. The van der Waals surface area contributed by atoms with Crippen molar-refractivity contribution in [2.75, 3.05) is 0 Å². The summed E-state index contributed by atoms with van der Waals surface area (Å²) in [4.78, 5) is 0. The Bertz CT molecular complexity index is 212. The molecule has 2 unspecified atom stereocenters. The number of hydrogen-bond donors (Lipinski definition) is 0. The topological polar surface area (TPSA) is 0 Å². The minimum absolute atomic E-state index is 0.737. The number of hydrogen-bond acceptors (Lipinski definition) is 0. The van der Waals surface area contributed by atoms with Crippen molar-refractivity contribution in [1.29, 1.82) is 0 Å². The molecule has 0 radical (unpaired) electrons. The summed E-state index contributed by atoms with van der Waals surface area (Å²) in [5.74, 6) is 1.51. The Labute approximate surface area is 109 Å². The van der Waals surface area contributed by atoms with Crippen LogP contribution in [0.5, 0.6) is 0 Å². The summed E-state index contributed by atoms with van der Waals surface area (Å²) in [6, 6.07) is 0. The molecule has 0 heterocycles. The second-order valence-electron chi connectivity index (χ2n) is 4.94. The third kappa shape index (κ3) is 8.97. The molecule has 0 saturated heterocycles. The normalized spacial score (nSPS) is 14.7. The highest BCUT2D eigenvalue weighted by atomic mass is 14.2. The first kappa shape index (κ1) is 16.2. The Morgan fingerprint density at radius 1 is 1.00 bits per heavy atom. The SMILES string of the molecule is C=CCCCC(C=CCCC)C(C)CCC=C. The molecule has 0 fully saturated rings. The van der Waals surface area contributed by atoms with Gasteiger partial charge in [0.05, 0.1) is 0 Å². The van der Waals surface area contributed by atoms with Crippen LogP contribution in [0.4, 0.5) is 0 Å². The van der Waals surface area contributed by atoms with Crippen molar-refractivity contribution in [1.82, 2.24) is 0 Å². The van der Waals surface area contributed by atoms with Crippen molar-refractivity contribution in [3.63, 3.8) is 0 Å². The van der Waals surface area contributed by atoms with Gasteiger partial charge in [0.15, 0.2) is 0 Å². The van der Waals surface area contributed by atoms with E-state index in [4.69, 9.17) is 0 Å². The standard InChI is InChI=1S/C17H30/c1-5-8-11-14-17(15-12-9-6-2)16(4)13-10-7-3/h5,7,12,15-17H,1,3,6,8-11,13-14H2,2,4H3. The van der Waals surface area contributed by atoms with Gasteiger partial charge in [-0.15, -0.1) is 13.2 Å². The maximum absolute atomic E-state index is 3.81. The number of unbranched alkanes of at least 4 members (excludes halogenated alkanes) is 2. The van der Waals surface area contributed by atoms with Crippen LogP contribution >= 0.6 is 0 Å². The molecular weight excluding hydrogens is 204 g/mol. The minimum Gasteiger partial charge on any atom is -0.103 e. The monoisotopic (exact) mass is 234 g/mol. The molecule has 0 aliphatic heterocycles. The van der Waals surface area contributed by atoms with E-state index in [1.165, 1.54) is 32.1 Å². The fourth-order valence-electron chi connectivity index (χ4n) is 2.10. The van der Waals surface area contributed by atoms with Crippen LogP contribution in [0.2, 0.25) is 0 Å². The van der Waals surface area contributed by atoms with Gasteiger partial charge in [-0.25, -0.2) is 0 Å². The quantitative estimate of drug-likeness (QED) is 0.307. The first-order valence-corrected chi connectivity index (χ1v) is 7.14. The van der Waals surface area contributed by atoms with Crippen LogP contribution < -0.4 is 0 Å². The minimum atomic E-state index is 0.737. The maximum Gasteiger partial charge on any atom is -0.0208 e. The zero-order valence-electron chi connectivity index (χ0n) is 11.8. The second-order valence-corrected chi connectivity index (χ2v) is 4.94. The van der Waals surface area contributed by atoms with Gasteiger partial charge in [0, 0.05) is 0 Å². The van der Waals surface area contributed by atoms with E-state index in [2.05, 4.69) is 39.2 Å². The molecule has 0 heteroatoms. The highest BCUT2D eigenvalue weighted by molar-refractivity contribution is 4.91. The predicted octanol–water partition coefficient (Wildman–Crippen LogP) is 5.92. The Kier molecular flexibility index (Phi) is 11.2. The summed E-state index contributed by atoms with van der Waals surface area (Å²) in [7, 11) is 0. The number of allylic oxidation sites excluding steroid dienone is 4. The van der Waals surface area contributed by atoms with Gasteiger partial charge in [0.25, 0.3) is 0 Å². The lowest BCUT2D eigenvalue weighted by Crippen LogP contribution is -2.09.